The fourth-order valence-electron chi connectivity index (χ4n) is 2.54. The topological polar surface area (TPSA) is 96.0 Å². The number of halogens is 1. The molecule has 28 heavy (non-hydrogen) atoms. The van der Waals surface area contributed by atoms with Gasteiger partial charge in [0.2, 0.25) is 15.9 Å². The van der Waals surface area contributed by atoms with Gasteiger partial charge in [-0.25, -0.2) is 13.2 Å². The fourth-order valence-corrected chi connectivity index (χ4v) is 4.07. The number of nitrogens with one attached hydrogen (secondary N) is 1. The summed E-state index contributed by atoms with van der Waals surface area (Å²) in [4.78, 5) is 25.2. The second kappa shape index (κ2) is 8.93. The molecule has 0 radical (unpaired) electrons. The van der Waals surface area contributed by atoms with Crippen LogP contribution in [0.25, 0.3) is 0 Å². The van der Waals surface area contributed by atoms with Crippen molar-refractivity contribution < 1.29 is 22.7 Å². The van der Waals surface area contributed by atoms with Gasteiger partial charge in [0.05, 0.1) is 4.90 Å². The van der Waals surface area contributed by atoms with Crippen molar-refractivity contribution in [3.8, 4) is 0 Å². The van der Waals surface area contributed by atoms with Gasteiger partial charge in [-0.15, -0.1) is 0 Å². The summed E-state index contributed by atoms with van der Waals surface area (Å²) in [7, 11) is -3.69. The van der Waals surface area contributed by atoms with Crippen molar-refractivity contribution in [2.45, 2.75) is 31.3 Å². The van der Waals surface area contributed by atoms with Gasteiger partial charge in [-0.1, -0.05) is 11.6 Å². The van der Waals surface area contributed by atoms with Gasteiger partial charge in [-0.2, -0.15) is 4.31 Å². The van der Waals surface area contributed by atoms with Crippen molar-refractivity contribution in [2.75, 3.05) is 31.5 Å². The molecule has 0 atom stereocenters. The Morgan fingerprint density at radius 3 is 2.18 bits per heavy atom. The van der Waals surface area contributed by atoms with Gasteiger partial charge in [-0.05, 0) is 45.0 Å². The number of carbonyl (C=O) groups is 2. The van der Waals surface area contributed by atoms with E-state index in [1.807, 2.05) is 0 Å². The average molecular weight is 430 g/mol. The number of hydrogen-bond acceptors (Lipinski definition) is 5. The van der Waals surface area contributed by atoms with E-state index in [4.69, 9.17) is 16.3 Å². The highest BCUT2D eigenvalue weighted by Gasteiger charge is 2.31. The first kappa shape index (κ1) is 22.2. The summed E-state index contributed by atoms with van der Waals surface area (Å²) < 4.78 is 32.3. The molecule has 0 unspecified atom stereocenters. The SMILES string of the molecule is CC(C)(C)OC(=O)N1CCN(S(=O)(=O)c2ccc(NC(=O)/C=C\Cl)cc2)CC1. The molecular weight excluding hydrogens is 406 g/mol. The smallest absolute Gasteiger partial charge is 0.410 e. The van der Waals surface area contributed by atoms with Gasteiger partial charge >= 0.3 is 6.09 Å². The summed E-state index contributed by atoms with van der Waals surface area (Å²) >= 11 is 5.34. The predicted molar refractivity (Wildman–Crippen MR) is 107 cm³/mol. The van der Waals surface area contributed by atoms with Crippen LogP contribution < -0.4 is 5.32 Å². The number of sulfonamides is 1. The first-order chi connectivity index (χ1) is 13.0. The average Bonchev–Trinajstić information content (AvgIpc) is 2.61. The van der Waals surface area contributed by atoms with E-state index in [0.717, 1.165) is 11.6 Å². The number of rotatable bonds is 4. The molecule has 1 N–H and O–H groups in total. The molecule has 1 aromatic carbocycles. The number of piperazine rings is 1. The van der Waals surface area contributed by atoms with Gasteiger partial charge in [0, 0.05) is 43.5 Å². The molecule has 10 heteroatoms. The number of ether oxygens (including phenoxy) is 1. The molecule has 0 spiro atoms. The number of carbonyl (C=O) groups excluding carboxylic acids is 2. The number of hydrogen-bond donors (Lipinski definition) is 1. The quantitative estimate of drug-likeness (QED) is 0.742. The Morgan fingerprint density at radius 2 is 1.68 bits per heavy atom. The lowest BCUT2D eigenvalue weighted by atomic mass is 10.2. The van der Waals surface area contributed by atoms with E-state index in [-0.39, 0.29) is 31.1 Å². The minimum Gasteiger partial charge on any atom is -0.444 e. The second-order valence-corrected chi connectivity index (χ2v) is 9.37. The Bertz CT molecular complexity index is 839. The van der Waals surface area contributed by atoms with Crippen LogP contribution in [0.15, 0.2) is 40.8 Å². The van der Waals surface area contributed by atoms with Gasteiger partial charge < -0.3 is 15.0 Å². The number of amides is 2. The van der Waals surface area contributed by atoms with Crippen LogP contribution in [0.1, 0.15) is 20.8 Å². The summed E-state index contributed by atoms with van der Waals surface area (Å²) in [5.41, 5.74) is 0.940. The molecule has 1 fully saturated rings. The minimum absolute atomic E-state index is 0.115. The van der Waals surface area contributed by atoms with Gasteiger partial charge in [0.25, 0.3) is 0 Å². The maximum atomic E-state index is 12.8. The Morgan fingerprint density at radius 1 is 1.11 bits per heavy atom. The van der Waals surface area contributed by atoms with E-state index < -0.39 is 27.6 Å². The van der Waals surface area contributed by atoms with E-state index in [1.54, 1.807) is 20.8 Å². The highest BCUT2D eigenvalue weighted by Crippen LogP contribution is 2.21. The molecule has 0 bridgehead atoms. The standard InChI is InChI=1S/C18H24ClN3O5S/c1-18(2,3)27-17(24)21-10-12-22(13-11-21)28(25,26)15-6-4-14(5-7-15)20-16(23)8-9-19/h4-9H,10-13H2,1-3H3,(H,20,23)/b9-8-. The molecule has 154 valence electrons. The van der Waals surface area contributed by atoms with Gasteiger partial charge in [0.15, 0.2) is 0 Å². The molecule has 8 nitrogen and oxygen atoms in total. The van der Waals surface area contributed by atoms with Crippen LogP contribution in [-0.4, -0.2) is 61.4 Å². The Labute approximate surface area is 170 Å². The third-order valence-electron chi connectivity index (χ3n) is 3.86. The molecule has 0 aromatic heterocycles. The van der Waals surface area contributed by atoms with Crippen molar-refractivity contribution in [2.24, 2.45) is 0 Å². The van der Waals surface area contributed by atoms with Crippen LogP contribution in [-0.2, 0) is 19.6 Å². The highest BCUT2D eigenvalue weighted by atomic mass is 35.5. The maximum Gasteiger partial charge on any atom is 0.410 e. The summed E-state index contributed by atoms with van der Waals surface area (Å²) in [6, 6.07) is 5.86. The van der Waals surface area contributed by atoms with Crippen molar-refractivity contribution >= 4 is 39.3 Å². The normalized spacial score (nSPS) is 16.2. The van der Waals surface area contributed by atoms with E-state index >= 15 is 0 Å². The molecule has 2 amide bonds. The zero-order valence-electron chi connectivity index (χ0n) is 16.0. The summed E-state index contributed by atoms with van der Waals surface area (Å²) in [6.07, 6.45) is 0.701. The van der Waals surface area contributed by atoms with Crippen molar-refractivity contribution in [1.82, 2.24) is 9.21 Å². The molecule has 1 heterocycles. The first-order valence-electron chi connectivity index (χ1n) is 8.69. The number of benzene rings is 1. The van der Waals surface area contributed by atoms with Crippen LogP contribution in [0.3, 0.4) is 0 Å². The lowest BCUT2D eigenvalue weighted by Crippen LogP contribution is -2.51. The molecule has 1 aromatic rings. The molecule has 0 saturated carbocycles. The maximum absolute atomic E-state index is 12.8. The summed E-state index contributed by atoms with van der Waals surface area (Å²) in [5.74, 6) is -0.413. The summed E-state index contributed by atoms with van der Waals surface area (Å²) in [6.45, 7) is 6.22. The molecule has 1 saturated heterocycles. The van der Waals surface area contributed by atoms with Gasteiger partial charge in [0.1, 0.15) is 5.60 Å². The Kier molecular flexibility index (Phi) is 7.08. The second-order valence-electron chi connectivity index (χ2n) is 7.18. The van der Waals surface area contributed by atoms with E-state index in [1.165, 1.54) is 33.5 Å². The number of nitrogens with zero attached hydrogens (tertiary/aromatic N) is 2. The van der Waals surface area contributed by atoms with E-state index in [0.29, 0.717) is 5.69 Å². The van der Waals surface area contributed by atoms with E-state index in [2.05, 4.69) is 5.32 Å². The summed E-state index contributed by atoms with van der Waals surface area (Å²) in [5, 5.41) is 2.56. The van der Waals surface area contributed by atoms with Crippen molar-refractivity contribution in [1.29, 1.82) is 0 Å². The third kappa shape index (κ3) is 5.95. The van der Waals surface area contributed by atoms with Crippen LogP contribution in [0.5, 0.6) is 0 Å². The lowest BCUT2D eigenvalue weighted by molar-refractivity contribution is -0.111. The van der Waals surface area contributed by atoms with Crippen LogP contribution in [0.4, 0.5) is 10.5 Å². The monoisotopic (exact) mass is 429 g/mol. The zero-order chi connectivity index (χ0) is 20.9. The first-order valence-corrected chi connectivity index (χ1v) is 10.6. The highest BCUT2D eigenvalue weighted by molar-refractivity contribution is 7.89. The van der Waals surface area contributed by atoms with Crippen LogP contribution in [0, 0.1) is 0 Å². The molecule has 2 rings (SSSR count). The molecule has 1 aliphatic heterocycles. The van der Waals surface area contributed by atoms with Crippen LogP contribution >= 0.6 is 11.6 Å². The number of anilines is 1. The molecular formula is C18H24ClN3O5S. The molecule has 1 aliphatic rings. The Balaban J connectivity index is 2.00. The van der Waals surface area contributed by atoms with E-state index in [9.17, 15) is 18.0 Å². The zero-order valence-corrected chi connectivity index (χ0v) is 17.6. The van der Waals surface area contributed by atoms with Crippen molar-refractivity contribution in [3.05, 3.63) is 35.9 Å². The van der Waals surface area contributed by atoms with Gasteiger partial charge in [-0.3, -0.25) is 4.79 Å². The predicted octanol–water partition coefficient (Wildman–Crippen LogP) is 2.62. The lowest BCUT2D eigenvalue weighted by Gasteiger charge is -2.35. The van der Waals surface area contributed by atoms with Crippen molar-refractivity contribution in [3.63, 3.8) is 0 Å². The third-order valence-corrected chi connectivity index (χ3v) is 5.90. The largest absolute Gasteiger partial charge is 0.444 e. The minimum atomic E-state index is -3.69. The fraction of sp³-hybridized carbons (Fsp3) is 0.444. The van der Waals surface area contributed by atoms with Crippen LogP contribution in [0.2, 0.25) is 0 Å². The molecule has 0 aliphatic carbocycles. The Hall–Kier alpha value is -2.10.